The molecule has 0 unspecified atom stereocenters. The van der Waals surface area contributed by atoms with E-state index in [1.54, 1.807) is 12.1 Å². The van der Waals surface area contributed by atoms with E-state index in [4.69, 9.17) is 28.5 Å². The molecule has 0 bridgehead atoms. The Labute approximate surface area is 104 Å². The average molecular weight is 258 g/mol. The Hall–Kier alpha value is -0.620. The predicted molar refractivity (Wildman–Crippen MR) is 66.3 cm³/mol. The van der Waals surface area contributed by atoms with Gasteiger partial charge < -0.3 is 0 Å². The van der Waals surface area contributed by atoms with Crippen LogP contribution in [0.15, 0.2) is 34.1 Å². The maximum atomic E-state index is 8.72. The van der Waals surface area contributed by atoms with Crippen molar-refractivity contribution in [2.45, 2.75) is 18.2 Å². The minimum atomic E-state index is 0.532. The zero-order chi connectivity index (χ0) is 11.3. The zero-order valence-corrected chi connectivity index (χ0v) is 10.5. The number of allylic oxidation sites excluding steroid dienone is 1. The highest BCUT2D eigenvalue weighted by Crippen LogP contribution is 2.29. The third-order valence-corrected chi connectivity index (χ3v) is 3.42. The van der Waals surface area contributed by atoms with E-state index in [9.17, 15) is 0 Å². The zero-order valence-electron chi connectivity index (χ0n) is 8.13. The molecule has 0 aliphatic carbocycles. The van der Waals surface area contributed by atoms with Gasteiger partial charge in [0, 0.05) is 10.5 Å². The molecule has 0 spiro atoms. The molecule has 0 atom stereocenters. The minimum Gasteiger partial charge on any atom is -0.193 e. The lowest BCUT2D eigenvalue weighted by Gasteiger charge is -1.99. The molecule has 0 saturated heterocycles. The third kappa shape index (κ3) is 3.79. The van der Waals surface area contributed by atoms with Crippen LogP contribution in [-0.4, -0.2) is 0 Å². The van der Waals surface area contributed by atoms with Crippen molar-refractivity contribution < 1.29 is 0 Å². The van der Waals surface area contributed by atoms with Gasteiger partial charge in [0.1, 0.15) is 0 Å². The molecule has 78 valence electrons. The Kier molecular flexibility index (Phi) is 5.04. The highest BCUT2D eigenvalue weighted by molar-refractivity contribution is 8.02. The van der Waals surface area contributed by atoms with Crippen LogP contribution in [0, 0.1) is 11.3 Å². The van der Waals surface area contributed by atoms with E-state index in [0.717, 1.165) is 16.9 Å². The fraction of sp³-hybridized carbons (Fsp3) is 0.182. The standard InChI is InChI=1S/C11H9Cl2NS/c1-2-8(6-14)7-15-9-3-4-10(12)11(13)5-9/h3-5,7H,2H2,1H3. The number of hydrogen-bond donors (Lipinski definition) is 0. The molecule has 0 radical (unpaired) electrons. The van der Waals surface area contributed by atoms with Gasteiger partial charge in [0.15, 0.2) is 0 Å². The first kappa shape index (κ1) is 12.4. The summed E-state index contributed by atoms with van der Waals surface area (Å²) in [6.07, 6.45) is 0.741. The smallest absolute Gasteiger partial charge is 0.0952 e. The summed E-state index contributed by atoms with van der Waals surface area (Å²) in [5, 5.41) is 11.6. The highest BCUT2D eigenvalue weighted by atomic mass is 35.5. The third-order valence-electron chi connectivity index (χ3n) is 1.75. The highest BCUT2D eigenvalue weighted by Gasteiger charge is 1.99. The predicted octanol–water partition coefficient (Wildman–Crippen LogP) is 4.90. The lowest BCUT2D eigenvalue weighted by molar-refractivity contribution is 1.16. The summed E-state index contributed by atoms with van der Waals surface area (Å²) in [5.74, 6) is 0. The monoisotopic (exact) mass is 257 g/mol. The van der Waals surface area contributed by atoms with Crippen molar-refractivity contribution in [3.63, 3.8) is 0 Å². The summed E-state index contributed by atoms with van der Waals surface area (Å²) in [6, 6.07) is 7.54. The van der Waals surface area contributed by atoms with Crippen molar-refractivity contribution in [2.75, 3.05) is 0 Å². The summed E-state index contributed by atoms with van der Waals surface area (Å²) in [5.41, 5.74) is 0.756. The van der Waals surface area contributed by atoms with Crippen LogP contribution in [0.4, 0.5) is 0 Å². The number of hydrogen-bond acceptors (Lipinski definition) is 2. The maximum absolute atomic E-state index is 8.72. The van der Waals surface area contributed by atoms with Crippen molar-refractivity contribution in [3.8, 4) is 6.07 Å². The van der Waals surface area contributed by atoms with Gasteiger partial charge in [-0.15, -0.1) is 0 Å². The van der Waals surface area contributed by atoms with Crippen LogP contribution in [0.2, 0.25) is 10.0 Å². The van der Waals surface area contributed by atoms with Gasteiger partial charge >= 0.3 is 0 Å². The van der Waals surface area contributed by atoms with Gasteiger partial charge in [-0.3, -0.25) is 0 Å². The molecule has 0 aromatic heterocycles. The van der Waals surface area contributed by atoms with E-state index in [-0.39, 0.29) is 0 Å². The molecule has 0 saturated carbocycles. The SMILES string of the molecule is CCC(C#N)=CSc1ccc(Cl)c(Cl)c1. The number of nitrogens with zero attached hydrogens (tertiary/aromatic N) is 1. The molecule has 15 heavy (non-hydrogen) atoms. The van der Waals surface area contributed by atoms with Crippen LogP contribution in [0.3, 0.4) is 0 Å². The van der Waals surface area contributed by atoms with E-state index in [2.05, 4.69) is 6.07 Å². The first-order valence-corrected chi connectivity index (χ1v) is 6.01. The Balaban J connectivity index is 2.79. The van der Waals surface area contributed by atoms with Crippen LogP contribution in [0.5, 0.6) is 0 Å². The topological polar surface area (TPSA) is 23.8 Å². The van der Waals surface area contributed by atoms with E-state index >= 15 is 0 Å². The second kappa shape index (κ2) is 6.07. The van der Waals surface area contributed by atoms with Crippen molar-refractivity contribution in [1.82, 2.24) is 0 Å². The molecular formula is C11H9Cl2NS. The van der Waals surface area contributed by atoms with Crippen LogP contribution < -0.4 is 0 Å². The number of thioether (sulfide) groups is 1. The van der Waals surface area contributed by atoms with Crippen molar-refractivity contribution >= 4 is 35.0 Å². The van der Waals surface area contributed by atoms with Gasteiger partial charge in [-0.1, -0.05) is 41.9 Å². The Bertz CT molecular complexity index is 421. The molecule has 0 aliphatic heterocycles. The van der Waals surface area contributed by atoms with Crippen molar-refractivity contribution in [2.24, 2.45) is 0 Å². The Morgan fingerprint density at radius 2 is 2.20 bits per heavy atom. The average Bonchev–Trinajstić information content (AvgIpc) is 2.24. The number of rotatable bonds is 3. The van der Waals surface area contributed by atoms with E-state index in [0.29, 0.717) is 10.0 Å². The number of benzene rings is 1. The molecule has 4 heteroatoms. The Morgan fingerprint density at radius 1 is 1.47 bits per heavy atom. The summed E-state index contributed by atoms with van der Waals surface area (Å²) in [7, 11) is 0. The molecule has 0 N–H and O–H groups in total. The van der Waals surface area contributed by atoms with Gasteiger partial charge in [0.05, 0.1) is 16.1 Å². The quantitative estimate of drug-likeness (QED) is 0.568. The van der Waals surface area contributed by atoms with E-state index in [1.807, 2.05) is 18.4 Å². The molecule has 1 aromatic rings. The van der Waals surface area contributed by atoms with Gasteiger partial charge in [0.25, 0.3) is 0 Å². The first-order valence-electron chi connectivity index (χ1n) is 4.38. The number of halogens is 2. The maximum Gasteiger partial charge on any atom is 0.0952 e. The van der Waals surface area contributed by atoms with Gasteiger partial charge in [-0.2, -0.15) is 5.26 Å². The molecule has 0 heterocycles. The van der Waals surface area contributed by atoms with Gasteiger partial charge in [0.2, 0.25) is 0 Å². The van der Waals surface area contributed by atoms with Crippen LogP contribution in [-0.2, 0) is 0 Å². The summed E-state index contributed by atoms with van der Waals surface area (Å²) in [6.45, 7) is 1.95. The first-order chi connectivity index (χ1) is 7.17. The summed E-state index contributed by atoms with van der Waals surface area (Å²) >= 11 is 13.1. The normalized spacial score (nSPS) is 11.2. The largest absolute Gasteiger partial charge is 0.193 e. The van der Waals surface area contributed by atoms with E-state index in [1.165, 1.54) is 11.8 Å². The van der Waals surface area contributed by atoms with Crippen LogP contribution in [0.25, 0.3) is 0 Å². The summed E-state index contributed by atoms with van der Waals surface area (Å²) < 4.78 is 0. The molecule has 1 aromatic carbocycles. The number of nitriles is 1. The molecular weight excluding hydrogens is 249 g/mol. The fourth-order valence-electron chi connectivity index (χ4n) is 0.878. The molecule has 0 fully saturated rings. The van der Waals surface area contributed by atoms with Crippen molar-refractivity contribution in [1.29, 1.82) is 5.26 Å². The van der Waals surface area contributed by atoms with Crippen LogP contribution >= 0.6 is 35.0 Å². The second-order valence-electron chi connectivity index (χ2n) is 2.80. The summed E-state index contributed by atoms with van der Waals surface area (Å²) in [4.78, 5) is 0.977. The van der Waals surface area contributed by atoms with E-state index < -0.39 is 0 Å². The lowest BCUT2D eigenvalue weighted by Crippen LogP contribution is -1.74. The van der Waals surface area contributed by atoms with Crippen LogP contribution in [0.1, 0.15) is 13.3 Å². The molecule has 0 aliphatic rings. The van der Waals surface area contributed by atoms with Gasteiger partial charge in [-0.25, -0.2) is 0 Å². The lowest BCUT2D eigenvalue weighted by atomic mass is 10.3. The second-order valence-corrected chi connectivity index (χ2v) is 4.56. The van der Waals surface area contributed by atoms with Crippen molar-refractivity contribution in [3.05, 3.63) is 39.2 Å². The molecule has 0 amide bonds. The molecule has 1 nitrogen and oxygen atoms in total. The van der Waals surface area contributed by atoms with Gasteiger partial charge in [-0.05, 0) is 30.0 Å². The fourth-order valence-corrected chi connectivity index (χ4v) is 2.07. The Morgan fingerprint density at radius 3 is 2.73 bits per heavy atom. The molecule has 1 rings (SSSR count). The minimum absolute atomic E-state index is 0.532.